The maximum absolute atomic E-state index is 11.7. The number of likely N-dealkylation sites (tertiary alicyclic amines) is 1. The van der Waals surface area contributed by atoms with Gasteiger partial charge < -0.3 is 4.74 Å². The lowest BCUT2D eigenvalue weighted by atomic mass is 10.1. The van der Waals surface area contributed by atoms with E-state index < -0.39 is 0 Å². The Kier molecular flexibility index (Phi) is 5.22. The first-order valence-corrected chi connectivity index (χ1v) is 7.80. The van der Waals surface area contributed by atoms with Gasteiger partial charge in [0.05, 0.1) is 18.4 Å². The van der Waals surface area contributed by atoms with Crippen LogP contribution >= 0.6 is 11.8 Å². The van der Waals surface area contributed by atoms with Gasteiger partial charge >= 0.3 is 5.97 Å². The Labute approximate surface area is 118 Å². The number of carbonyl (C=O) groups is 1. The Morgan fingerprint density at radius 2 is 2.26 bits per heavy atom. The highest BCUT2D eigenvalue weighted by Crippen LogP contribution is 2.22. The summed E-state index contributed by atoms with van der Waals surface area (Å²) in [6.45, 7) is 2.87. The van der Waals surface area contributed by atoms with Crippen LogP contribution in [-0.4, -0.2) is 47.6 Å². The van der Waals surface area contributed by atoms with Crippen molar-refractivity contribution in [2.24, 2.45) is 0 Å². The van der Waals surface area contributed by atoms with E-state index in [2.05, 4.69) is 16.1 Å². The number of rotatable bonds is 4. The molecule has 1 aromatic heterocycles. The number of aromatic nitrogens is 1. The van der Waals surface area contributed by atoms with Crippen molar-refractivity contribution >= 4 is 17.7 Å². The molecule has 0 unspecified atom stereocenters. The minimum Gasteiger partial charge on any atom is -0.465 e. The zero-order valence-corrected chi connectivity index (χ0v) is 12.3. The Morgan fingerprint density at radius 1 is 1.53 bits per heavy atom. The number of nitrogens with zero attached hydrogens (tertiary/aromatic N) is 2. The minimum atomic E-state index is -0.304. The Hall–Kier alpha value is -1.07. The van der Waals surface area contributed by atoms with E-state index in [1.54, 1.807) is 18.3 Å². The molecule has 104 valence electrons. The van der Waals surface area contributed by atoms with Gasteiger partial charge in [0, 0.05) is 18.0 Å². The van der Waals surface area contributed by atoms with Crippen LogP contribution in [0, 0.1) is 0 Å². The van der Waals surface area contributed by atoms with Gasteiger partial charge in [-0.05, 0) is 44.3 Å². The predicted molar refractivity (Wildman–Crippen MR) is 77.4 cm³/mol. The highest BCUT2D eigenvalue weighted by atomic mass is 32.2. The van der Waals surface area contributed by atoms with E-state index >= 15 is 0 Å². The summed E-state index contributed by atoms with van der Waals surface area (Å²) in [5, 5.41) is 0.778. The van der Waals surface area contributed by atoms with Gasteiger partial charge in [-0.15, -0.1) is 0 Å². The number of esters is 1. The summed E-state index contributed by atoms with van der Waals surface area (Å²) in [6.07, 6.45) is 6.33. The SMILES string of the molecule is COC(=O)c1cccnc1CN1CCC(SC)CC1. The number of hydrogen-bond donors (Lipinski definition) is 0. The fourth-order valence-corrected chi connectivity index (χ4v) is 3.06. The van der Waals surface area contributed by atoms with Gasteiger partial charge in [0.1, 0.15) is 0 Å². The Morgan fingerprint density at radius 3 is 2.89 bits per heavy atom. The van der Waals surface area contributed by atoms with Crippen LogP contribution in [0.4, 0.5) is 0 Å². The molecule has 0 amide bonds. The first-order valence-electron chi connectivity index (χ1n) is 6.52. The summed E-state index contributed by atoms with van der Waals surface area (Å²) in [5.74, 6) is -0.304. The molecule has 2 heterocycles. The van der Waals surface area contributed by atoms with Crippen molar-refractivity contribution in [3.8, 4) is 0 Å². The number of piperidine rings is 1. The molecular weight excluding hydrogens is 260 g/mol. The van der Waals surface area contributed by atoms with Crippen molar-refractivity contribution in [2.75, 3.05) is 26.5 Å². The number of pyridine rings is 1. The molecule has 1 aliphatic heterocycles. The van der Waals surface area contributed by atoms with E-state index in [0.29, 0.717) is 5.56 Å². The summed E-state index contributed by atoms with van der Waals surface area (Å²) in [6, 6.07) is 3.55. The normalized spacial score (nSPS) is 17.4. The lowest BCUT2D eigenvalue weighted by Crippen LogP contribution is -2.35. The zero-order chi connectivity index (χ0) is 13.7. The van der Waals surface area contributed by atoms with Crippen molar-refractivity contribution in [1.82, 2.24) is 9.88 Å². The number of ether oxygens (including phenoxy) is 1. The number of hydrogen-bond acceptors (Lipinski definition) is 5. The van der Waals surface area contributed by atoms with E-state index in [4.69, 9.17) is 4.74 Å². The molecule has 4 nitrogen and oxygen atoms in total. The third-order valence-electron chi connectivity index (χ3n) is 3.54. The van der Waals surface area contributed by atoms with Crippen LogP contribution in [0.15, 0.2) is 18.3 Å². The van der Waals surface area contributed by atoms with Gasteiger partial charge in [0.15, 0.2) is 0 Å². The maximum Gasteiger partial charge on any atom is 0.339 e. The second-order valence-electron chi connectivity index (χ2n) is 4.70. The summed E-state index contributed by atoms with van der Waals surface area (Å²) < 4.78 is 4.80. The third kappa shape index (κ3) is 3.70. The minimum absolute atomic E-state index is 0.304. The summed E-state index contributed by atoms with van der Waals surface area (Å²) >= 11 is 1.95. The molecule has 5 heteroatoms. The van der Waals surface area contributed by atoms with Crippen LogP contribution in [0.1, 0.15) is 28.9 Å². The van der Waals surface area contributed by atoms with Crippen molar-refractivity contribution in [2.45, 2.75) is 24.6 Å². The molecule has 1 fully saturated rings. The molecule has 0 aromatic carbocycles. The molecule has 2 rings (SSSR count). The molecular formula is C14H20N2O2S. The average Bonchev–Trinajstić information content (AvgIpc) is 2.48. The van der Waals surface area contributed by atoms with Gasteiger partial charge in [0.25, 0.3) is 0 Å². The lowest BCUT2D eigenvalue weighted by Gasteiger charge is -2.31. The largest absolute Gasteiger partial charge is 0.465 e. The van der Waals surface area contributed by atoms with E-state index in [0.717, 1.165) is 30.6 Å². The summed E-state index contributed by atoms with van der Waals surface area (Å²) in [4.78, 5) is 18.4. The quantitative estimate of drug-likeness (QED) is 0.791. The molecule has 0 N–H and O–H groups in total. The van der Waals surface area contributed by atoms with Crippen molar-refractivity contribution in [3.05, 3.63) is 29.6 Å². The number of carbonyl (C=O) groups excluding carboxylic acids is 1. The van der Waals surface area contributed by atoms with Gasteiger partial charge in [-0.2, -0.15) is 11.8 Å². The second-order valence-corrected chi connectivity index (χ2v) is 5.84. The fraction of sp³-hybridized carbons (Fsp3) is 0.571. The smallest absolute Gasteiger partial charge is 0.339 e. The maximum atomic E-state index is 11.7. The molecule has 0 bridgehead atoms. The zero-order valence-electron chi connectivity index (χ0n) is 11.5. The van der Waals surface area contributed by atoms with E-state index in [-0.39, 0.29) is 5.97 Å². The van der Waals surface area contributed by atoms with Gasteiger partial charge in [0.2, 0.25) is 0 Å². The van der Waals surface area contributed by atoms with Crippen LogP contribution in [0.5, 0.6) is 0 Å². The fourth-order valence-electron chi connectivity index (χ4n) is 2.37. The topological polar surface area (TPSA) is 42.4 Å². The van der Waals surface area contributed by atoms with Crippen LogP contribution in [-0.2, 0) is 11.3 Å². The molecule has 0 saturated carbocycles. The van der Waals surface area contributed by atoms with E-state index in [9.17, 15) is 4.79 Å². The van der Waals surface area contributed by atoms with Gasteiger partial charge in [-0.1, -0.05) is 0 Å². The monoisotopic (exact) mass is 280 g/mol. The van der Waals surface area contributed by atoms with Gasteiger partial charge in [-0.3, -0.25) is 9.88 Å². The third-order valence-corrected chi connectivity index (χ3v) is 4.67. The molecule has 1 aromatic rings. The van der Waals surface area contributed by atoms with Gasteiger partial charge in [-0.25, -0.2) is 4.79 Å². The Bertz CT molecular complexity index is 431. The van der Waals surface area contributed by atoms with E-state index in [1.165, 1.54) is 20.0 Å². The molecule has 0 radical (unpaired) electrons. The molecule has 0 spiro atoms. The van der Waals surface area contributed by atoms with Crippen molar-refractivity contribution in [3.63, 3.8) is 0 Å². The standard InChI is InChI=1S/C14H20N2O2S/c1-18-14(17)12-4-3-7-15-13(12)10-16-8-5-11(19-2)6-9-16/h3-4,7,11H,5-6,8-10H2,1-2H3. The van der Waals surface area contributed by atoms with Crippen LogP contribution in [0.25, 0.3) is 0 Å². The van der Waals surface area contributed by atoms with E-state index in [1.807, 2.05) is 11.8 Å². The molecule has 19 heavy (non-hydrogen) atoms. The highest BCUT2D eigenvalue weighted by molar-refractivity contribution is 7.99. The Balaban J connectivity index is 2.01. The first kappa shape index (κ1) is 14.3. The predicted octanol–water partition coefficient (Wildman–Crippen LogP) is 2.20. The van der Waals surface area contributed by atoms with Crippen LogP contribution in [0.3, 0.4) is 0 Å². The van der Waals surface area contributed by atoms with Crippen molar-refractivity contribution in [1.29, 1.82) is 0 Å². The second kappa shape index (κ2) is 6.91. The van der Waals surface area contributed by atoms with Crippen LogP contribution in [0.2, 0.25) is 0 Å². The van der Waals surface area contributed by atoms with Crippen LogP contribution < -0.4 is 0 Å². The number of thioether (sulfide) groups is 1. The average molecular weight is 280 g/mol. The molecule has 0 atom stereocenters. The van der Waals surface area contributed by atoms with Crippen molar-refractivity contribution < 1.29 is 9.53 Å². The number of methoxy groups -OCH3 is 1. The lowest BCUT2D eigenvalue weighted by molar-refractivity contribution is 0.0597. The molecule has 0 aliphatic carbocycles. The molecule has 1 aliphatic rings. The summed E-state index contributed by atoms with van der Waals surface area (Å²) in [7, 11) is 1.41. The highest BCUT2D eigenvalue weighted by Gasteiger charge is 2.21. The first-order chi connectivity index (χ1) is 9.24. The summed E-state index contributed by atoms with van der Waals surface area (Å²) in [5.41, 5.74) is 1.40. The molecule has 1 saturated heterocycles.